The monoisotopic (exact) mass is 299 g/mol. The van der Waals surface area contributed by atoms with E-state index in [2.05, 4.69) is 40.3 Å². The summed E-state index contributed by atoms with van der Waals surface area (Å²) in [6.45, 7) is 4.39. The lowest BCUT2D eigenvalue weighted by molar-refractivity contribution is -0.898. The van der Waals surface area contributed by atoms with Crippen LogP contribution in [0, 0.1) is 0 Å². The minimum atomic E-state index is 0.220. The number of carbonyl (C=O) groups is 1. The molecule has 1 amide bonds. The average Bonchev–Trinajstić information content (AvgIpc) is 2.41. The highest BCUT2D eigenvalue weighted by molar-refractivity contribution is 5.75. The van der Waals surface area contributed by atoms with Crippen LogP contribution in [0.25, 0.3) is 0 Å². The summed E-state index contributed by atoms with van der Waals surface area (Å²) in [5.41, 5.74) is 0. The molecule has 0 heterocycles. The zero-order valence-corrected chi connectivity index (χ0v) is 15.2. The van der Waals surface area contributed by atoms with Crippen molar-refractivity contribution in [2.45, 2.75) is 90.6 Å². The third-order valence-electron chi connectivity index (χ3n) is 4.16. The van der Waals surface area contributed by atoms with Gasteiger partial charge in [0.15, 0.2) is 6.17 Å². The van der Waals surface area contributed by atoms with E-state index in [0.717, 1.165) is 17.3 Å². The number of amides is 1. The van der Waals surface area contributed by atoms with Crippen LogP contribution in [-0.2, 0) is 4.79 Å². The van der Waals surface area contributed by atoms with Crippen molar-refractivity contribution >= 4 is 5.91 Å². The molecule has 0 rings (SSSR count). The Hall–Kier alpha value is -0.570. The normalized spacial score (nSPS) is 13.2. The van der Waals surface area contributed by atoms with Gasteiger partial charge in [0.2, 0.25) is 5.91 Å². The molecular weight excluding hydrogens is 260 g/mol. The number of unbranched alkanes of at least 4 members (excludes halogenated alkanes) is 8. The highest BCUT2D eigenvalue weighted by atomic mass is 16.1. The lowest BCUT2D eigenvalue weighted by atomic mass is 10.1. The second-order valence-electron chi connectivity index (χ2n) is 7.19. The number of hydrogen-bond donors (Lipinski definition) is 1. The largest absolute Gasteiger partial charge is 0.311 e. The minimum absolute atomic E-state index is 0.220. The number of quaternary nitrogens is 1. The molecule has 1 atom stereocenters. The zero-order valence-electron chi connectivity index (χ0n) is 15.2. The van der Waals surface area contributed by atoms with Crippen molar-refractivity contribution in [3.05, 3.63) is 0 Å². The molecule has 126 valence electrons. The lowest BCUT2D eigenvalue weighted by Gasteiger charge is -2.33. The molecule has 0 aromatic rings. The maximum Gasteiger partial charge on any atom is 0.224 e. The van der Waals surface area contributed by atoms with E-state index in [0.29, 0.717) is 6.42 Å². The summed E-state index contributed by atoms with van der Waals surface area (Å²) < 4.78 is 0.792. The van der Waals surface area contributed by atoms with Crippen LogP contribution in [-0.4, -0.2) is 37.7 Å². The van der Waals surface area contributed by atoms with Gasteiger partial charge in [-0.05, 0) is 6.42 Å². The minimum Gasteiger partial charge on any atom is -0.311 e. The first-order valence-corrected chi connectivity index (χ1v) is 9.02. The van der Waals surface area contributed by atoms with Crippen LogP contribution in [0.4, 0.5) is 0 Å². The molecule has 0 bridgehead atoms. The van der Waals surface area contributed by atoms with Crippen molar-refractivity contribution in [2.24, 2.45) is 0 Å². The predicted octanol–water partition coefficient (Wildman–Crippen LogP) is 4.47. The molecule has 0 fully saturated rings. The van der Waals surface area contributed by atoms with E-state index in [1.54, 1.807) is 0 Å². The standard InChI is InChI=1S/C18H38N2O/c1-6-8-9-10-11-12-13-14-15-16-18(21)19-17(7-2)20(3,4)5/h17H,6-16H2,1-5H3/p+1. The molecule has 0 saturated carbocycles. The van der Waals surface area contributed by atoms with Crippen LogP contribution in [0.5, 0.6) is 0 Å². The first kappa shape index (κ1) is 20.4. The van der Waals surface area contributed by atoms with Gasteiger partial charge in [-0.15, -0.1) is 0 Å². The Morgan fingerprint density at radius 1 is 0.857 bits per heavy atom. The van der Waals surface area contributed by atoms with E-state index in [4.69, 9.17) is 0 Å². The molecule has 0 spiro atoms. The van der Waals surface area contributed by atoms with Crippen LogP contribution in [0.2, 0.25) is 0 Å². The van der Waals surface area contributed by atoms with Gasteiger partial charge >= 0.3 is 0 Å². The highest BCUT2D eigenvalue weighted by Gasteiger charge is 2.22. The van der Waals surface area contributed by atoms with Gasteiger partial charge in [0, 0.05) is 12.8 Å². The molecule has 0 radical (unpaired) electrons. The summed E-state index contributed by atoms with van der Waals surface area (Å²) in [4.78, 5) is 11.9. The van der Waals surface area contributed by atoms with Crippen LogP contribution in [0.1, 0.15) is 84.5 Å². The van der Waals surface area contributed by atoms with Crippen molar-refractivity contribution in [2.75, 3.05) is 21.1 Å². The average molecular weight is 300 g/mol. The molecule has 0 aliphatic rings. The van der Waals surface area contributed by atoms with Gasteiger partial charge in [0.1, 0.15) is 0 Å². The van der Waals surface area contributed by atoms with E-state index >= 15 is 0 Å². The molecule has 3 heteroatoms. The smallest absolute Gasteiger partial charge is 0.224 e. The summed E-state index contributed by atoms with van der Waals surface area (Å²) in [5.74, 6) is 0.220. The Balaban J connectivity index is 3.54. The number of rotatable bonds is 13. The Morgan fingerprint density at radius 2 is 1.33 bits per heavy atom. The maximum absolute atomic E-state index is 11.9. The quantitative estimate of drug-likeness (QED) is 0.303. The van der Waals surface area contributed by atoms with Crippen molar-refractivity contribution in [1.82, 2.24) is 5.32 Å². The molecule has 0 aliphatic carbocycles. The van der Waals surface area contributed by atoms with Gasteiger partial charge in [-0.1, -0.05) is 65.2 Å². The van der Waals surface area contributed by atoms with E-state index in [-0.39, 0.29) is 12.1 Å². The second kappa shape index (κ2) is 12.0. The zero-order chi connectivity index (χ0) is 16.1. The number of carbonyl (C=O) groups excluding carboxylic acids is 1. The Bertz CT molecular complexity index is 258. The summed E-state index contributed by atoms with van der Waals surface area (Å²) in [6, 6.07) is 0. The Morgan fingerprint density at radius 3 is 1.76 bits per heavy atom. The fourth-order valence-corrected chi connectivity index (χ4v) is 2.70. The summed E-state index contributed by atoms with van der Waals surface area (Å²) in [6.07, 6.45) is 13.6. The molecule has 0 saturated heterocycles. The molecule has 3 nitrogen and oxygen atoms in total. The molecule has 1 N–H and O–H groups in total. The molecular formula is C18H39N2O+. The third-order valence-corrected chi connectivity index (χ3v) is 4.16. The van der Waals surface area contributed by atoms with Crippen molar-refractivity contribution < 1.29 is 9.28 Å². The molecule has 0 aromatic heterocycles. The topological polar surface area (TPSA) is 29.1 Å². The maximum atomic E-state index is 11.9. The predicted molar refractivity (Wildman–Crippen MR) is 92.1 cm³/mol. The van der Waals surface area contributed by atoms with Gasteiger partial charge < -0.3 is 9.80 Å². The fraction of sp³-hybridized carbons (Fsp3) is 0.944. The van der Waals surface area contributed by atoms with Crippen LogP contribution < -0.4 is 5.32 Å². The van der Waals surface area contributed by atoms with Crippen LogP contribution in [0.15, 0.2) is 0 Å². The number of nitrogens with one attached hydrogen (secondary N) is 1. The Kier molecular flexibility index (Phi) is 11.7. The number of nitrogens with zero attached hydrogens (tertiary/aromatic N) is 1. The van der Waals surface area contributed by atoms with Crippen molar-refractivity contribution in [3.8, 4) is 0 Å². The summed E-state index contributed by atoms with van der Waals surface area (Å²) in [5, 5.41) is 3.17. The first-order chi connectivity index (χ1) is 9.91. The van der Waals surface area contributed by atoms with Gasteiger partial charge in [-0.25, -0.2) is 0 Å². The SMILES string of the molecule is CCCCCCCCCCCC(=O)NC(CC)[N+](C)(C)C. The molecule has 0 aromatic carbocycles. The Labute approximate surface area is 133 Å². The van der Waals surface area contributed by atoms with Gasteiger partial charge in [-0.3, -0.25) is 4.79 Å². The van der Waals surface area contributed by atoms with E-state index in [1.165, 1.54) is 51.4 Å². The van der Waals surface area contributed by atoms with Gasteiger partial charge in [-0.2, -0.15) is 0 Å². The van der Waals surface area contributed by atoms with Crippen molar-refractivity contribution in [1.29, 1.82) is 0 Å². The van der Waals surface area contributed by atoms with E-state index in [1.807, 2.05) is 0 Å². The fourth-order valence-electron chi connectivity index (χ4n) is 2.70. The van der Waals surface area contributed by atoms with Crippen LogP contribution >= 0.6 is 0 Å². The van der Waals surface area contributed by atoms with E-state index < -0.39 is 0 Å². The van der Waals surface area contributed by atoms with Crippen LogP contribution in [0.3, 0.4) is 0 Å². The third kappa shape index (κ3) is 11.7. The van der Waals surface area contributed by atoms with E-state index in [9.17, 15) is 4.79 Å². The summed E-state index contributed by atoms with van der Waals surface area (Å²) in [7, 11) is 6.40. The molecule has 1 unspecified atom stereocenters. The van der Waals surface area contributed by atoms with Gasteiger partial charge in [0.25, 0.3) is 0 Å². The second-order valence-corrected chi connectivity index (χ2v) is 7.19. The molecule has 0 aliphatic heterocycles. The van der Waals surface area contributed by atoms with Gasteiger partial charge in [0.05, 0.1) is 21.1 Å². The summed E-state index contributed by atoms with van der Waals surface area (Å²) >= 11 is 0. The highest BCUT2D eigenvalue weighted by Crippen LogP contribution is 2.11. The number of hydrogen-bond acceptors (Lipinski definition) is 1. The lowest BCUT2D eigenvalue weighted by Crippen LogP contribution is -2.54. The van der Waals surface area contributed by atoms with Crippen molar-refractivity contribution in [3.63, 3.8) is 0 Å². The first-order valence-electron chi connectivity index (χ1n) is 9.02. The molecule has 21 heavy (non-hydrogen) atoms.